The van der Waals surface area contributed by atoms with Crippen LogP contribution in [0.1, 0.15) is 56.8 Å². The van der Waals surface area contributed by atoms with Gasteiger partial charge in [0.2, 0.25) is 0 Å². The largest absolute Gasteiger partial charge is 0.380 e. The zero-order valence-corrected chi connectivity index (χ0v) is 13.2. The first-order valence-corrected chi connectivity index (χ1v) is 8.03. The molecule has 0 saturated carbocycles. The molecule has 0 atom stereocenters. The van der Waals surface area contributed by atoms with E-state index in [9.17, 15) is 0 Å². The summed E-state index contributed by atoms with van der Waals surface area (Å²) in [4.78, 5) is 0. The second kappa shape index (κ2) is 7.87. The topological polar surface area (TPSA) is 52.0 Å². The van der Waals surface area contributed by atoms with E-state index in [2.05, 4.69) is 37.2 Å². The quantitative estimate of drug-likeness (QED) is 0.684. The summed E-state index contributed by atoms with van der Waals surface area (Å²) >= 11 is 0. The molecule has 2 aromatic rings. The molecule has 0 amide bonds. The standard InChI is InChI=1S/C18H26N2O/c1-3-4-5-6-7-8-12-16-17(18(19)20-21-16)15-11-9-10-14(2)13-15/h9-11,13H,3-8,12H2,1-2H3,(H2,19,20). The van der Waals surface area contributed by atoms with E-state index in [0.717, 1.165) is 29.7 Å². The molecule has 3 nitrogen and oxygen atoms in total. The first kappa shape index (κ1) is 15.6. The number of benzene rings is 1. The van der Waals surface area contributed by atoms with Gasteiger partial charge in [0, 0.05) is 6.42 Å². The molecular weight excluding hydrogens is 260 g/mol. The third-order valence-electron chi connectivity index (χ3n) is 3.85. The van der Waals surface area contributed by atoms with E-state index in [-0.39, 0.29) is 0 Å². The maximum atomic E-state index is 5.99. The van der Waals surface area contributed by atoms with Gasteiger partial charge >= 0.3 is 0 Å². The van der Waals surface area contributed by atoms with E-state index in [1.54, 1.807) is 0 Å². The van der Waals surface area contributed by atoms with Crippen LogP contribution in [-0.4, -0.2) is 5.16 Å². The predicted octanol–water partition coefficient (Wildman–Crippen LogP) is 5.14. The van der Waals surface area contributed by atoms with Crippen LogP contribution in [0, 0.1) is 6.92 Å². The van der Waals surface area contributed by atoms with Gasteiger partial charge in [0.25, 0.3) is 0 Å². The number of nitrogens with two attached hydrogens (primary N) is 1. The molecule has 0 aliphatic rings. The van der Waals surface area contributed by atoms with Crippen molar-refractivity contribution in [2.24, 2.45) is 0 Å². The molecule has 2 rings (SSSR count). The molecule has 21 heavy (non-hydrogen) atoms. The molecule has 1 aromatic carbocycles. The zero-order valence-electron chi connectivity index (χ0n) is 13.2. The lowest BCUT2D eigenvalue weighted by atomic mass is 10.0. The van der Waals surface area contributed by atoms with E-state index in [4.69, 9.17) is 10.3 Å². The maximum absolute atomic E-state index is 5.99. The first-order chi connectivity index (χ1) is 10.2. The number of aromatic nitrogens is 1. The Morgan fingerprint density at radius 2 is 1.86 bits per heavy atom. The van der Waals surface area contributed by atoms with Crippen molar-refractivity contribution < 1.29 is 4.52 Å². The lowest BCUT2D eigenvalue weighted by molar-refractivity contribution is 0.381. The number of hydrogen-bond donors (Lipinski definition) is 1. The molecule has 1 aromatic heterocycles. The van der Waals surface area contributed by atoms with Crippen LogP contribution in [0.25, 0.3) is 11.1 Å². The number of anilines is 1. The molecule has 0 unspecified atom stereocenters. The number of rotatable bonds is 8. The Morgan fingerprint density at radius 1 is 1.10 bits per heavy atom. The Hall–Kier alpha value is -1.77. The fraction of sp³-hybridized carbons (Fsp3) is 0.500. The second-order valence-corrected chi connectivity index (χ2v) is 5.75. The summed E-state index contributed by atoms with van der Waals surface area (Å²) in [6.45, 7) is 4.33. The molecule has 1 heterocycles. The second-order valence-electron chi connectivity index (χ2n) is 5.75. The molecule has 114 valence electrons. The zero-order chi connectivity index (χ0) is 15.1. The van der Waals surface area contributed by atoms with Crippen molar-refractivity contribution >= 4 is 5.82 Å². The van der Waals surface area contributed by atoms with Gasteiger partial charge in [-0.25, -0.2) is 0 Å². The van der Waals surface area contributed by atoms with Crippen molar-refractivity contribution in [3.63, 3.8) is 0 Å². The average Bonchev–Trinajstić information content (AvgIpc) is 2.84. The molecule has 0 fully saturated rings. The van der Waals surface area contributed by atoms with E-state index < -0.39 is 0 Å². The minimum Gasteiger partial charge on any atom is -0.380 e. The summed E-state index contributed by atoms with van der Waals surface area (Å²) in [6.07, 6.45) is 8.56. The van der Waals surface area contributed by atoms with Gasteiger partial charge in [-0.15, -0.1) is 0 Å². The minimum absolute atomic E-state index is 0.501. The maximum Gasteiger partial charge on any atom is 0.175 e. The van der Waals surface area contributed by atoms with Crippen molar-refractivity contribution in [1.29, 1.82) is 0 Å². The van der Waals surface area contributed by atoms with E-state index in [1.807, 2.05) is 6.07 Å². The van der Waals surface area contributed by atoms with Crippen LogP contribution in [0.15, 0.2) is 28.8 Å². The molecule has 0 aliphatic carbocycles. The number of aryl methyl sites for hydroxylation is 2. The smallest absolute Gasteiger partial charge is 0.175 e. The highest BCUT2D eigenvalue weighted by atomic mass is 16.5. The van der Waals surface area contributed by atoms with Gasteiger partial charge in [-0.2, -0.15) is 0 Å². The summed E-state index contributed by atoms with van der Waals surface area (Å²) in [5.41, 5.74) is 9.29. The monoisotopic (exact) mass is 286 g/mol. The van der Waals surface area contributed by atoms with Crippen molar-refractivity contribution in [3.05, 3.63) is 35.6 Å². The molecule has 0 bridgehead atoms. The number of nitrogen functional groups attached to an aromatic ring is 1. The highest BCUT2D eigenvalue weighted by molar-refractivity contribution is 5.75. The van der Waals surface area contributed by atoms with Crippen molar-refractivity contribution in [1.82, 2.24) is 5.16 Å². The Morgan fingerprint density at radius 3 is 2.62 bits per heavy atom. The summed E-state index contributed by atoms with van der Waals surface area (Å²) < 4.78 is 5.44. The number of unbranched alkanes of at least 4 members (excludes halogenated alkanes) is 5. The lowest BCUT2D eigenvalue weighted by Gasteiger charge is -2.04. The number of nitrogens with zero attached hydrogens (tertiary/aromatic N) is 1. The van der Waals surface area contributed by atoms with Crippen molar-refractivity contribution in [2.75, 3.05) is 5.73 Å². The fourth-order valence-electron chi connectivity index (χ4n) is 2.68. The lowest BCUT2D eigenvalue weighted by Crippen LogP contribution is -1.92. The third-order valence-corrected chi connectivity index (χ3v) is 3.85. The van der Waals surface area contributed by atoms with Crippen LogP contribution in [-0.2, 0) is 6.42 Å². The van der Waals surface area contributed by atoms with Gasteiger partial charge in [-0.3, -0.25) is 0 Å². The van der Waals surface area contributed by atoms with Gasteiger partial charge in [0.05, 0.1) is 5.56 Å². The predicted molar refractivity (Wildman–Crippen MR) is 88.2 cm³/mol. The van der Waals surface area contributed by atoms with E-state index >= 15 is 0 Å². The summed E-state index contributed by atoms with van der Waals surface area (Å²) in [6, 6.07) is 8.33. The average molecular weight is 286 g/mol. The third kappa shape index (κ3) is 4.35. The molecule has 0 saturated heterocycles. The Balaban J connectivity index is 1.98. The Kier molecular flexibility index (Phi) is 5.85. The minimum atomic E-state index is 0.501. The van der Waals surface area contributed by atoms with Gasteiger partial charge in [-0.05, 0) is 18.9 Å². The molecular formula is C18H26N2O. The van der Waals surface area contributed by atoms with Crippen LogP contribution in [0.3, 0.4) is 0 Å². The summed E-state index contributed by atoms with van der Waals surface area (Å²) in [5.74, 6) is 1.43. The highest BCUT2D eigenvalue weighted by Gasteiger charge is 2.15. The Labute approximate surface area is 127 Å². The van der Waals surface area contributed by atoms with E-state index in [0.29, 0.717) is 5.82 Å². The highest BCUT2D eigenvalue weighted by Crippen LogP contribution is 2.31. The first-order valence-electron chi connectivity index (χ1n) is 8.03. The summed E-state index contributed by atoms with van der Waals surface area (Å²) in [7, 11) is 0. The van der Waals surface area contributed by atoms with Crippen LogP contribution < -0.4 is 5.73 Å². The summed E-state index contributed by atoms with van der Waals surface area (Å²) in [5, 5.41) is 3.95. The van der Waals surface area contributed by atoms with Crippen LogP contribution >= 0.6 is 0 Å². The van der Waals surface area contributed by atoms with Gasteiger partial charge in [0.1, 0.15) is 5.76 Å². The van der Waals surface area contributed by atoms with Gasteiger partial charge in [-0.1, -0.05) is 74.0 Å². The van der Waals surface area contributed by atoms with Crippen molar-refractivity contribution in [2.45, 2.75) is 58.8 Å². The van der Waals surface area contributed by atoms with Crippen LogP contribution in [0.5, 0.6) is 0 Å². The molecule has 3 heteroatoms. The van der Waals surface area contributed by atoms with Crippen LogP contribution in [0.4, 0.5) is 5.82 Å². The molecule has 0 spiro atoms. The normalized spacial score (nSPS) is 11.0. The molecule has 0 radical (unpaired) electrons. The van der Waals surface area contributed by atoms with Crippen molar-refractivity contribution in [3.8, 4) is 11.1 Å². The van der Waals surface area contributed by atoms with Gasteiger partial charge < -0.3 is 10.3 Å². The number of hydrogen-bond acceptors (Lipinski definition) is 3. The van der Waals surface area contributed by atoms with Gasteiger partial charge in [0.15, 0.2) is 5.82 Å². The fourth-order valence-corrected chi connectivity index (χ4v) is 2.68. The van der Waals surface area contributed by atoms with E-state index in [1.165, 1.54) is 37.7 Å². The molecule has 2 N–H and O–H groups in total. The van der Waals surface area contributed by atoms with Crippen LogP contribution in [0.2, 0.25) is 0 Å². The molecule has 0 aliphatic heterocycles. The SMILES string of the molecule is CCCCCCCCc1onc(N)c1-c1cccc(C)c1. The Bertz CT molecular complexity index is 560.